The van der Waals surface area contributed by atoms with E-state index in [1.807, 2.05) is 0 Å². The number of hydrogen-bond donors (Lipinski definition) is 1. The summed E-state index contributed by atoms with van der Waals surface area (Å²) >= 11 is 0. The highest BCUT2D eigenvalue weighted by Crippen LogP contribution is 2.45. The lowest BCUT2D eigenvalue weighted by atomic mass is 9.92. The van der Waals surface area contributed by atoms with E-state index in [1.165, 1.54) is 66.3 Å². The molecule has 0 radical (unpaired) electrons. The van der Waals surface area contributed by atoms with Gasteiger partial charge in [0.2, 0.25) is 5.60 Å². The Bertz CT molecular complexity index is 1500. The van der Waals surface area contributed by atoms with Gasteiger partial charge >= 0.3 is 6.18 Å². The molecule has 0 saturated carbocycles. The van der Waals surface area contributed by atoms with Crippen LogP contribution in [0.1, 0.15) is 18.3 Å². The van der Waals surface area contributed by atoms with E-state index < -0.39 is 33.0 Å². The zero-order valence-corrected chi connectivity index (χ0v) is 20.4. The van der Waals surface area contributed by atoms with Crippen molar-refractivity contribution in [3.8, 4) is 17.2 Å². The number of halogens is 3. The molecule has 1 heterocycles. The minimum atomic E-state index is -5.07. The van der Waals surface area contributed by atoms with E-state index in [2.05, 4.69) is 4.98 Å². The fraction of sp³-hybridized carbons (Fsp3) is 0.240. The zero-order valence-electron chi connectivity index (χ0n) is 19.6. The van der Waals surface area contributed by atoms with Gasteiger partial charge in [-0.05, 0) is 55.5 Å². The molecule has 0 amide bonds. The fourth-order valence-electron chi connectivity index (χ4n) is 3.91. The van der Waals surface area contributed by atoms with E-state index in [4.69, 9.17) is 9.47 Å². The van der Waals surface area contributed by atoms with E-state index >= 15 is 0 Å². The molecule has 1 aromatic heterocycles. The molecule has 1 unspecified atom stereocenters. The first-order valence-electron chi connectivity index (χ1n) is 10.8. The Morgan fingerprint density at radius 2 is 1.53 bits per heavy atom. The number of ether oxygens (including phenoxy) is 2. The van der Waals surface area contributed by atoms with Crippen LogP contribution in [0.4, 0.5) is 13.2 Å². The lowest BCUT2D eigenvalue weighted by Gasteiger charge is -2.31. The molecule has 1 N–H and O–H groups in total. The Labute approximate surface area is 205 Å². The Morgan fingerprint density at radius 3 is 2.06 bits per heavy atom. The van der Waals surface area contributed by atoms with Crippen LogP contribution in [-0.4, -0.2) is 42.6 Å². The lowest BCUT2D eigenvalue weighted by Crippen LogP contribution is -2.45. The summed E-state index contributed by atoms with van der Waals surface area (Å²) < 4.78 is 78.6. The van der Waals surface area contributed by atoms with Crippen molar-refractivity contribution in [1.29, 1.82) is 0 Å². The summed E-state index contributed by atoms with van der Waals surface area (Å²) in [5.41, 5.74) is -3.21. The van der Waals surface area contributed by atoms with Crippen molar-refractivity contribution in [2.45, 2.75) is 30.1 Å². The molecule has 190 valence electrons. The van der Waals surface area contributed by atoms with Crippen LogP contribution < -0.4 is 9.47 Å². The number of aliphatic hydroxyl groups is 1. The SMILES string of the molecule is CCn1c(C(O)(c2ccc(OC)cc2)C(F)(F)F)nc2ccc(Oc3ccc(S(C)(=O)=O)cc3)cc21. The summed E-state index contributed by atoms with van der Waals surface area (Å²) in [6.07, 6.45) is -3.98. The maximum absolute atomic E-state index is 14.4. The summed E-state index contributed by atoms with van der Waals surface area (Å²) in [6, 6.07) is 15.3. The number of imidazole rings is 1. The van der Waals surface area contributed by atoms with E-state index in [0.717, 1.165) is 18.4 Å². The first-order chi connectivity index (χ1) is 16.9. The van der Waals surface area contributed by atoms with Gasteiger partial charge in [0.1, 0.15) is 17.2 Å². The highest BCUT2D eigenvalue weighted by atomic mass is 32.2. The Balaban J connectivity index is 1.79. The Kier molecular flexibility index (Phi) is 6.48. The highest BCUT2D eigenvalue weighted by Gasteiger charge is 2.59. The minimum Gasteiger partial charge on any atom is -0.497 e. The van der Waals surface area contributed by atoms with Crippen LogP contribution in [0.3, 0.4) is 0 Å². The number of benzene rings is 3. The topological polar surface area (TPSA) is 90.7 Å². The van der Waals surface area contributed by atoms with Crippen molar-refractivity contribution in [3.63, 3.8) is 0 Å². The van der Waals surface area contributed by atoms with Crippen molar-refractivity contribution in [1.82, 2.24) is 9.55 Å². The molecule has 11 heteroatoms. The van der Waals surface area contributed by atoms with Crippen LogP contribution in [0.15, 0.2) is 71.6 Å². The van der Waals surface area contributed by atoms with Crippen LogP contribution in [0.2, 0.25) is 0 Å². The van der Waals surface area contributed by atoms with Crippen molar-refractivity contribution in [2.75, 3.05) is 13.4 Å². The van der Waals surface area contributed by atoms with E-state index in [1.54, 1.807) is 6.92 Å². The number of methoxy groups -OCH3 is 1. The monoisotopic (exact) mass is 520 g/mol. The molecule has 0 aliphatic rings. The average Bonchev–Trinajstić information content (AvgIpc) is 3.21. The maximum Gasteiger partial charge on any atom is 0.428 e. The number of sulfone groups is 1. The number of nitrogens with zero attached hydrogens (tertiary/aromatic N) is 2. The maximum atomic E-state index is 14.4. The third-order valence-electron chi connectivity index (χ3n) is 5.77. The Morgan fingerprint density at radius 1 is 0.944 bits per heavy atom. The number of aromatic nitrogens is 2. The number of aryl methyl sites for hydroxylation is 1. The predicted molar refractivity (Wildman–Crippen MR) is 127 cm³/mol. The molecular formula is C25H23F3N2O5S. The number of fused-ring (bicyclic) bond motifs is 1. The summed E-state index contributed by atoms with van der Waals surface area (Å²) in [5, 5.41) is 11.1. The van der Waals surface area contributed by atoms with Gasteiger partial charge < -0.3 is 19.1 Å². The average molecular weight is 521 g/mol. The normalized spacial score (nSPS) is 14.0. The van der Waals surface area contributed by atoms with Crippen LogP contribution in [-0.2, 0) is 22.0 Å². The molecule has 36 heavy (non-hydrogen) atoms. The number of hydrogen-bond acceptors (Lipinski definition) is 6. The van der Waals surface area contributed by atoms with Crippen LogP contribution in [0.25, 0.3) is 11.0 Å². The highest BCUT2D eigenvalue weighted by molar-refractivity contribution is 7.90. The standard InChI is InChI=1S/C25H23F3N2O5S/c1-4-30-22-15-19(35-18-9-12-20(13-10-18)36(3,32)33)11-14-21(22)29-23(30)24(31,25(26,27)28)16-5-7-17(34-2)8-6-16/h5-15,31H,4H2,1-3H3. The second kappa shape index (κ2) is 9.14. The third kappa shape index (κ3) is 4.51. The molecule has 7 nitrogen and oxygen atoms in total. The molecule has 0 saturated heterocycles. The smallest absolute Gasteiger partial charge is 0.428 e. The summed E-state index contributed by atoms with van der Waals surface area (Å²) in [4.78, 5) is 4.30. The van der Waals surface area contributed by atoms with Crippen LogP contribution in [0.5, 0.6) is 17.2 Å². The van der Waals surface area contributed by atoms with E-state index in [9.17, 15) is 26.7 Å². The summed E-state index contributed by atoms with van der Waals surface area (Å²) in [6.45, 7) is 1.74. The van der Waals surface area contributed by atoms with Crippen molar-refractivity contribution in [2.24, 2.45) is 0 Å². The molecule has 4 rings (SSSR count). The van der Waals surface area contributed by atoms with Crippen molar-refractivity contribution < 1.29 is 36.2 Å². The molecule has 4 aromatic rings. The van der Waals surface area contributed by atoms with Crippen LogP contribution in [0, 0.1) is 0 Å². The zero-order chi connectivity index (χ0) is 26.3. The molecular weight excluding hydrogens is 497 g/mol. The molecule has 0 aliphatic heterocycles. The van der Waals surface area contributed by atoms with Crippen LogP contribution >= 0.6 is 0 Å². The molecule has 0 aliphatic carbocycles. The van der Waals surface area contributed by atoms with E-state index in [-0.39, 0.29) is 17.0 Å². The quantitative estimate of drug-likeness (QED) is 0.366. The molecule has 0 spiro atoms. The molecule has 3 aromatic carbocycles. The molecule has 0 fully saturated rings. The van der Waals surface area contributed by atoms with Gasteiger partial charge in [0.25, 0.3) is 0 Å². The predicted octanol–water partition coefficient (Wildman–Crippen LogP) is 5.06. The molecule has 1 atom stereocenters. The van der Waals surface area contributed by atoms with Crippen molar-refractivity contribution in [3.05, 3.63) is 78.1 Å². The van der Waals surface area contributed by atoms with Gasteiger partial charge in [0.05, 0.1) is 23.0 Å². The van der Waals surface area contributed by atoms with Crippen molar-refractivity contribution >= 4 is 20.9 Å². The largest absolute Gasteiger partial charge is 0.497 e. The van der Waals surface area contributed by atoms with Gasteiger partial charge in [0, 0.05) is 24.4 Å². The second-order valence-electron chi connectivity index (χ2n) is 8.11. The second-order valence-corrected chi connectivity index (χ2v) is 10.1. The lowest BCUT2D eigenvalue weighted by molar-refractivity contribution is -0.252. The molecule has 0 bridgehead atoms. The first-order valence-corrected chi connectivity index (χ1v) is 12.7. The fourth-order valence-corrected chi connectivity index (χ4v) is 4.54. The number of rotatable bonds is 7. The van der Waals surface area contributed by atoms with Gasteiger partial charge in [-0.15, -0.1) is 0 Å². The summed E-state index contributed by atoms with van der Waals surface area (Å²) in [7, 11) is -1.98. The van der Waals surface area contributed by atoms with E-state index in [0.29, 0.717) is 22.8 Å². The Hall–Kier alpha value is -3.57. The van der Waals surface area contributed by atoms with Gasteiger partial charge in [-0.2, -0.15) is 13.2 Å². The summed E-state index contributed by atoms with van der Waals surface area (Å²) in [5.74, 6) is 0.413. The first kappa shape index (κ1) is 25.5. The van der Waals surface area contributed by atoms with Gasteiger partial charge in [-0.25, -0.2) is 13.4 Å². The van der Waals surface area contributed by atoms with Gasteiger partial charge in [0.15, 0.2) is 15.7 Å². The van der Waals surface area contributed by atoms with Gasteiger partial charge in [-0.1, -0.05) is 12.1 Å². The number of alkyl halides is 3. The van der Waals surface area contributed by atoms with Gasteiger partial charge in [-0.3, -0.25) is 0 Å². The minimum absolute atomic E-state index is 0.0902. The third-order valence-corrected chi connectivity index (χ3v) is 6.89.